The molecule has 1 aromatic carbocycles. The number of rotatable bonds is 1. The summed E-state index contributed by atoms with van der Waals surface area (Å²) in [6.45, 7) is 3.10. The van der Waals surface area contributed by atoms with Gasteiger partial charge >= 0.3 is 0 Å². The number of non-ortho nitro benzene ring substituents is 1. The molecule has 0 radical (unpaired) electrons. The minimum Gasteiger partial charge on any atom is -0.324 e. The Hall–Kier alpha value is -2.44. The second-order valence-corrected chi connectivity index (χ2v) is 4.45. The smallest absolute Gasteiger partial charge is 0.271 e. The van der Waals surface area contributed by atoms with Gasteiger partial charge in [0.15, 0.2) is 0 Å². The first-order valence-electron chi connectivity index (χ1n) is 5.78. The minimum absolute atomic E-state index is 0.117. The van der Waals surface area contributed by atoms with Crippen LogP contribution in [0.15, 0.2) is 18.2 Å². The highest BCUT2D eigenvalue weighted by molar-refractivity contribution is 6.04. The molecule has 2 amide bonds. The third-order valence-corrected chi connectivity index (χ3v) is 2.99. The first kappa shape index (κ1) is 13.0. The zero-order chi connectivity index (χ0) is 14.2. The van der Waals surface area contributed by atoms with Gasteiger partial charge in [-0.2, -0.15) is 0 Å². The molecule has 2 rings (SSSR count). The fourth-order valence-electron chi connectivity index (χ4n) is 2.22. The van der Waals surface area contributed by atoms with Crippen molar-refractivity contribution < 1.29 is 14.5 Å². The second kappa shape index (κ2) is 4.68. The maximum atomic E-state index is 11.7. The molecule has 7 nitrogen and oxygen atoms in total. The summed E-state index contributed by atoms with van der Waals surface area (Å²) in [5, 5.41) is 13.5. The zero-order valence-corrected chi connectivity index (χ0v) is 10.5. The van der Waals surface area contributed by atoms with E-state index in [2.05, 4.69) is 5.32 Å². The summed E-state index contributed by atoms with van der Waals surface area (Å²) in [5.41, 5.74) is 0.656. The SMILES string of the molecule is CC(=O)N1c2cc([N+](=O)[O-])ccc2NC(=O)C[C@@H]1C. The lowest BCUT2D eigenvalue weighted by atomic mass is 10.1. The summed E-state index contributed by atoms with van der Waals surface area (Å²) in [7, 11) is 0. The Morgan fingerprint density at radius 1 is 1.53 bits per heavy atom. The van der Waals surface area contributed by atoms with Crippen LogP contribution in [0.5, 0.6) is 0 Å². The van der Waals surface area contributed by atoms with Crippen LogP contribution in [0.1, 0.15) is 20.3 Å². The molecular formula is C12H13N3O4. The molecule has 0 saturated heterocycles. The van der Waals surface area contributed by atoms with Crippen LogP contribution in [0.3, 0.4) is 0 Å². The quantitative estimate of drug-likeness (QED) is 0.616. The third-order valence-electron chi connectivity index (χ3n) is 2.99. The fourth-order valence-corrected chi connectivity index (χ4v) is 2.22. The number of anilines is 2. The van der Waals surface area contributed by atoms with Gasteiger partial charge in [-0.3, -0.25) is 19.7 Å². The molecule has 19 heavy (non-hydrogen) atoms. The largest absolute Gasteiger partial charge is 0.324 e. The van der Waals surface area contributed by atoms with Gasteiger partial charge in [-0.15, -0.1) is 0 Å². The van der Waals surface area contributed by atoms with Crippen molar-refractivity contribution in [3.63, 3.8) is 0 Å². The maximum absolute atomic E-state index is 11.7. The van der Waals surface area contributed by atoms with E-state index in [0.29, 0.717) is 11.4 Å². The minimum atomic E-state index is -0.532. The number of carbonyl (C=O) groups excluding carboxylic acids is 2. The maximum Gasteiger partial charge on any atom is 0.271 e. The van der Waals surface area contributed by atoms with E-state index >= 15 is 0 Å². The summed E-state index contributed by atoms with van der Waals surface area (Å²) in [5.74, 6) is -0.475. The molecule has 1 atom stereocenters. The highest BCUT2D eigenvalue weighted by Crippen LogP contribution is 2.34. The number of nitro benzene ring substituents is 1. The number of hydrogen-bond donors (Lipinski definition) is 1. The lowest BCUT2D eigenvalue weighted by molar-refractivity contribution is -0.384. The third kappa shape index (κ3) is 2.40. The van der Waals surface area contributed by atoms with Crippen molar-refractivity contribution in [3.8, 4) is 0 Å². The Bertz CT molecular complexity index is 570. The highest BCUT2D eigenvalue weighted by atomic mass is 16.6. The predicted molar refractivity (Wildman–Crippen MR) is 69.0 cm³/mol. The van der Waals surface area contributed by atoms with Gasteiger partial charge in [0.2, 0.25) is 11.8 Å². The van der Waals surface area contributed by atoms with Crippen molar-refractivity contribution in [3.05, 3.63) is 28.3 Å². The molecule has 1 aliphatic rings. The van der Waals surface area contributed by atoms with E-state index in [1.54, 1.807) is 6.92 Å². The number of benzene rings is 1. The van der Waals surface area contributed by atoms with Gasteiger partial charge in [0.05, 0.1) is 16.3 Å². The Kier molecular flexibility index (Phi) is 3.20. The van der Waals surface area contributed by atoms with Crippen LogP contribution in [0.4, 0.5) is 17.1 Å². The van der Waals surface area contributed by atoms with Crippen LogP contribution in [0, 0.1) is 10.1 Å². The van der Waals surface area contributed by atoms with Gasteiger partial charge < -0.3 is 10.2 Å². The highest BCUT2D eigenvalue weighted by Gasteiger charge is 2.29. The zero-order valence-electron chi connectivity index (χ0n) is 10.5. The molecule has 1 heterocycles. The Balaban J connectivity index is 2.60. The van der Waals surface area contributed by atoms with E-state index in [1.807, 2.05) is 0 Å². The van der Waals surface area contributed by atoms with Crippen molar-refractivity contribution in [2.24, 2.45) is 0 Å². The van der Waals surface area contributed by atoms with Crippen LogP contribution in [0.2, 0.25) is 0 Å². The van der Waals surface area contributed by atoms with Crippen LogP contribution in [-0.4, -0.2) is 22.8 Å². The first-order chi connectivity index (χ1) is 8.90. The molecule has 100 valence electrons. The Morgan fingerprint density at radius 2 is 2.21 bits per heavy atom. The van der Waals surface area contributed by atoms with Crippen LogP contribution >= 0.6 is 0 Å². The number of carbonyl (C=O) groups is 2. The van der Waals surface area contributed by atoms with Gasteiger partial charge in [0, 0.05) is 31.5 Å². The van der Waals surface area contributed by atoms with Gasteiger partial charge in [0.25, 0.3) is 5.69 Å². The molecule has 0 fully saturated rings. The number of fused-ring (bicyclic) bond motifs is 1. The standard InChI is InChI=1S/C12H13N3O4/c1-7-5-12(17)13-10-4-3-9(15(18)19)6-11(10)14(7)8(2)16/h3-4,6-7H,5H2,1-2H3,(H,13,17)/t7-/m0/s1. The number of nitrogens with one attached hydrogen (secondary N) is 1. The van der Waals surface area contributed by atoms with Crippen molar-refractivity contribution in [2.75, 3.05) is 10.2 Å². The van der Waals surface area contributed by atoms with Crippen molar-refractivity contribution in [1.82, 2.24) is 0 Å². The Morgan fingerprint density at radius 3 is 2.79 bits per heavy atom. The van der Waals surface area contributed by atoms with E-state index in [-0.39, 0.29) is 30.0 Å². The van der Waals surface area contributed by atoms with Crippen LogP contribution in [0.25, 0.3) is 0 Å². The molecule has 1 aromatic rings. The molecule has 0 spiro atoms. The topological polar surface area (TPSA) is 92.6 Å². The number of amides is 2. The van der Waals surface area contributed by atoms with Gasteiger partial charge in [-0.1, -0.05) is 0 Å². The lowest BCUT2D eigenvalue weighted by Crippen LogP contribution is -2.37. The van der Waals surface area contributed by atoms with Crippen molar-refractivity contribution in [2.45, 2.75) is 26.3 Å². The molecule has 0 unspecified atom stereocenters. The predicted octanol–water partition coefficient (Wildman–Crippen LogP) is 1.68. The fraction of sp³-hybridized carbons (Fsp3) is 0.333. The van der Waals surface area contributed by atoms with Crippen LogP contribution in [-0.2, 0) is 9.59 Å². The average molecular weight is 263 g/mol. The molecule has 0 aromatic heterocycles. The van der Waals surface area contributed by atoms with E-state index in [0.717, 1.165) is 0 Å². The van der Waals surface area contributed by atoms with E-state index < -0.39 is 4.92 Å². The first-order valence-corrected chi connectivity index (χ1v) is 5.78. The summed E-state index contributed by atoms with van der Waals surface area (Å²) < 4.78 is 0. The lowest BCUT2D eigenvalue weighted by Gasteiger charge is -2.26. The van der Waals surface area contributed by atoms with E-state index in [4.69, 9.17) is 0 Å². The van der Waals surface area contributed by atoms with E-state index in [9.17, 15) is 19.7 Å². The number of nitrogens with zero attached hydrogens (tertiary/aromatic N) is 2. The van der Waals surface area contributed by atoms with Gasteiger partial charge in [-0.25, -0.2) is 0 Å². The molecule has 1 aliphatic heterocycles. The van der Waals surface area contributed by atoms with Crippen molar-refractivity contribution >= 4 is 28.9 Å². The molecule has 0 aliphatic carbocycles. The second-order valence-electron chi connectivity index (χ2n) is 4.45. The van der Waals surface area contributed by atoms with Crippen LogP contribution < -0.4 is 10.2 Å². The normalized spacial score (nSPS) is 18.3. The molecule has 0 saturated carbocycles. The van der Waals surface area contributed by atoms with E-state index in [1.165, 1.54) is 30.0 Å². The summed E-state index contributed by atoms with van der Waals surface area (Å²) in [6.07, 6.45) is 0.155. The Labute approximate surface area is 109 Å². The molecule has 1 N–H and O–H groups in total. The van der Waals surface area contributed by atoms with Gasteiger partial charge in [0.1, 0.15) is 0 Å². The average Bonchev–Trinajstić information content (AvgIpc) is 2.41. The number of hydrogen-bond acceptors (Lipinski definition) is 4. The molecular weight excluding hydrogens is 250 g/mol. The van der Waals surface area contributed by atoms with Crippen molar-refractivity contribution in [1.29, 1.82) is 0 Å². The molecule has 7 heteroatoms. The summed E-state index contributed by atoms with van der Waals surface area (Å²) in [6, 6.07) is 3.70. The molecule has 0 bridgehead atoms. The summed E-state index contributed by atoms with van der Waals surface area (Å²) in [4.78, 5) is 35.1. The monoisotopic (exact) mass is 263 g/mol. The summed E-state index contributed by atoms with van der Waals surface area (Å²) >= 11 is 0. The van der Waals surface area contributed by atoms with Gasteiger partial charge in [-0.05, 0) is 13.0 Å². The number of nitro groups is 1.